The Balaban J connectivity index is 0.00000288. The minimum atomic E-state index is 0. The zero-order valence-electron chi connectivity index (χ0n) is 22.5. The second-order valence-corrected chi connectivity index (χ2v) is 10.2. The number of aromatic nitrogens is 4. The van der Waals surface area contributed by atoms with Gasteiger partial charge in [-0.15, -0.1) is 29.8 Å². The number of nitrogens with zero attached hydrogens (tertiary/aromatic N) is 5. The molecule has 0 unspecified atom stereocenters. The summed E-state index contributed by atoms with van der Waals surface area (Å²) in [6, 6.07) is 43.0. The second-order valence-electron chi connectivity index (χ2n) is 10.2. The van der Waals surface area contributed by atoms with E-state index in [2.05, 4.69) is 99.9 Å². The van der Waals surface area contributed by atoms with Gasteiger partial charge in [0.1, 0.15) is 17.5 Å². The van der Waals surface area contributed by atoms with Gasteiger partial charge in [-0.1, -0.05) is 77.9 Å². The molecule has 0 saturated heterocycles. The van der Waals surface area contributed by atoms with E-state index < -0.39 is 0 Å². The van der Waals surface area contributed by atoms with Crippen molar-refractivity contribution in [1.82, 2.24) is 19.1 Å². The molecule has 0 atom stereocenters. The molecule has 42 heavy (non-hydrogen) atoms. The summed E-state index contributed by atoms with van der Waals surface area (Å²) in [5.41, 5.74) is 8.17. The fourth-order valence-electron chi connectivity index (χ4n) is 6.08. The van der Waals surface area contributed by atoms with Crippen LogP contribution in [-0.4, -0.2) is 19.1 Å². The van der Waals surface area contributed by atoms with Gasteiger partial charge in [0.05, 0.1) is 16.6 Å². The standard InChI is InChI=1S/C36H22N5.Pt/c1-23-11-2-3-14-26(23)24-12-10-13-25(21-24)40-30-17-6-4-15-27(30)33-29(22-37)34-28-16-5-7-18-31(28)41(36(34)39-35(33)40)32-19-8-9-20-38-32;/h2-20H,1H3;/q-1;. The molecular formula is C36H22N5Pt-. The summed E-state index contributed by atoms with van der Waals surface area (Å²) in [5.74, 6) is 0.755. The van der Waals surface area contributed by atoms with Crippen LogP contribution in [0.3, 0.4) is 0 Å². The fraction of sp³-hybridized carbons (Fsp3) is 0.0278. The Morgan fingerprint density at radius 2 is 1.33 bits per heavy atom. The Bertz CT molecular complexity index is 2340. The molecule has 0 fully saturated rings. The molecule has 4 aromatic heterocycles. The van der Waals surface area contributed by atoms with Crippen molar-refractivity contribution >= 4 is 43.9 Å². The van der Waals surface area contributed by atoms with Crippen molar-refractivity contribution in [3.63, 3.8) is 0 Å². The average molecular weight is 720 g/mol. The number of rotatable bonds is 3. The summed E-state index contributed by atoms with van der Waals surface area (Å²) in [6.07, 6.45) is 1.78. The molecule has 0 saturated carbocycles. The molecule has 4 heterocycles. The van der Waals surface area contributed by atoms with Crippen molar-refractivity contribution in [2.75, 3.05) is 0 Å². The third-order valence-electron chi connectivity index (χ3n) is 7.86. The Morgan fingerprint density at radius 3 is 2.02 bits per heavy atom. The number of aryl methyl sites for hydroxylation is 1. The number of hydrogen-bond acceptors (Lipinski definition) is 3. The van der Waals surface area contributed by atoms with Gasteiger partial charge in [-0.2, -0.15) is 5.26 Å². The Hall–Kier alpha value is -5.04. The zero-order chi connectivity index (χ0) is 27.5. The maximum Gasteiger partial charge on any atom is 0.150 e. The molecular weight excluding hydrogens is 698 g/mol. The van der Waals surface area contributed by atoms with Crippen LogP contribution in [0.4, 0.5) is 0 Å². The summed E-state index contributed by atoms with van der Waals surface area (Å²) in [4.78, 5) is 10.0. The Labute approximate surface area is 256 Å². The SMILES string of the molecule is Cc1ccccc1-c1[c-]c(-n2c3ccccc3c3c(C#N)c4c5ccccc5n(-c5ccccn5)c4nc32)ccc1.[Pt]. The minimum absolute atomic E-state index is 0. The number of nitriles is 1. The van der Waals surface area contributed by atoms with Crippen LogP contribution in [0, 0.1) is 24.3 Å². The summed E-state index contributed by atoms with van der Waals surface area (Å²) >= 11 is 0. The molecule has 5 nitrogen and oxygen atoms in total. The fourth-order valence-corrected chi connectivity index (χ4v) is 6.08. The zero-order valence-corrected chi connectivity index (χ0v) is 24.8. The first-order valence-electron chi connectivity index (χ1n) is 13.5. The summed E-state index contributed by atoms with van der Waals surface area (Å²) in [6.45, 7) is 2.12. The molecule has 0 N–H and O–H groups in total. The van der Waals surface area contributed by atoms with Gasteiger partial charge in [-0.3, -0.25) is 4.57 Å². The normalized spacial score (nSPS) is 11.2. The van der Waals surface area contributed by atoms with E-state index in [1.165, 1.54) is 5.56 Å². The molecule has 8 rings (SSSR count). The molecule has 0 spiro atoms. The molecule has 8 aromatic rings. The molecule has 0 amide bonds. The van der Waals surface area contributed by atoms with Crippen molar-refractivity contribution in [3.8, 4) is 28.7 Å². The largest absolute Gasteiger partial charge is 0.312 e. The molecule has 0 aliphatic rings. The predicted molar refractivity (Wildman–Crippen MR) is 164 cm³/mol. The first-order chi connectivity index (χ1) is 20.2. The van der Waals surface area contributed by atoms with Gasteiger partial charge in [0.15, 0.2) is 5.65 Å². The minimum Gasteiger partial charge on any atom is -0.312 e. The smallest absolute Gasteiger partial charge is 0.150 e. The van der Waals surface area contributed by atoms with Gasteiger partial charge in [-0.05, 0) is 36.9 Å². The van der Waals surface area contributed by atoms with Crippen LogP contribution in [0.1, 0.15) is 11.1 Å². The Kier molecular flexibility index (Phi) is 6.23. The number of pyridine rings is 2. The van der Waals surface area contributed by atoms with Crippen LogP contribution >= 0.6 is 0 Å². The van der Waals surface area contributed by atoms with E-state index in [4.69, 9.17) is 4.98 Å². The maximum absolute atomic E-state index is 10.7. The number of hydrogen-bond donors (Lipinski definition) is 0. The van der Waals surface area contributed by atoms with Gasteiger partial charge in [-0.25, -0.2) is 9.97 Å². The molecule has 6 heteroatoms. The van der Waals surface area contributed by atoms with Gasteiger partial charge in [0.2, 0.25) is 0 Å². The number of benzene rings is 4. The molecule has 0 bridgehead atoms. The van der Waals surface area contributed by atoms with E-state index >= 15 is 0 Å². The topological polar surface area (TPSA) is 59.4 Å². The number of fused-ring (bicyclic) bond motifs is 6. The van der Waals surface area contributed by atoms with Gasteiger partial charge >= 0.3 is 0 Å². The van der Waals surface area contributed by atoms with Gasteiger partial charge in [0.25, 0.3) is 0 Å². The molecule has 202 valence electrons. The van der Waals surface area contributed by atoms with Gasteiger partial charge < -0.3 is 4.57 Å². The average Bonchev–Trinajstić information content (AvgIpc) is 3.53. The third-order valence-corrected chi connectivity index (χ3v) is 7.86. The van der Waals surface area contributed by atoms with E-state index in [1.54, 1.807) is 6.20 Å². The molecule has 0 aliphatic carbocycles. The molecule has 4 aromatic carbocycles. The van der Waals surface area contributed by atoms with Crippen molar-refractivity contribution in [1.29, 1.82) is 5.26 Å². The summed E-state index contributed by atoms with van der Waals surface area (Å²) in [7, 11) is 0. The maximum atomic E-state index is 10.7. The van der Waals surface area contributed by atoms with Crippen LogP contribution in [-0.2, 0) is 21.1 Å². The van der Waals surface area contributed by atoms with Crippen molar-refractivity contribution in [2.24, 2.45) is 0 Å². The predicted octanol–water partition coefficient (Wildman–Crippen LogP) is 8.32. The quantitative estimate of drug-likeness (QED) is 0.173. The summed E-state index contributed by atoms with van der Waals surface area (Å²) < 4.78 is 4.19. The molecule has 0 radical (unpaired) electrons. The first kappa shape index (κ1) is 25.9. The third kappa shape index (κ3) is 3.73. The van der Waals surface area contributed by atoms with Crippen LogP contribution in [0.2, 0.25) is 0 Å². The Morgan fingerprint density at radius 1 is 0.690 bits per heavy atom. The van der Waals surface area contributed by atoms with Crippen molar-refractivity contribution in [2.45, 2.75) is 6.92 Å². The van der Waals surface area contributed by atoms with E-state index in [9.17, 15) is 5.26 Å². The van der Waals surface area contributed by atoms with Crippen LogP contribution in [0.5, 0.6) is 0 Å². The van der Waals surface area contributed by atoms with E-state index in [0.717, 1.165) is 55.2 Å². The van der Waals surface area contributed by atoms with Crippen molar-refractivity contribution < 1.29 is 21.1 Å². The van der Waals surface area contributed by atoms with E-state index in [0.29, 0.717) is 16.9 Å². The van der Waals surface area contributed by atoms with Crippen LogP contribution < -0.4 is 0 Å². The summed E-state index contributed by atoms with van der Waals surface area (Å²) in [5, 5.41) is 14.4. The van der Waals surface area contributed by atoms with Crippen LogP contribution in [0.25, 0.3) is 66.5 Å². The van der Waals surface area contributed by atoms with Crippen molar-refractivity contribution in [3.05, 3.63) is 133 Å². The monoisotopic (exact) mass is 719 g/mol. The van der Waals surface area contributed by atoms with Crippen LogP contribution in [0.15, 0.2) is 115 Å². The molecule has 0 aliphatic heterocycles. The number of para-hydroxylation sites is 2. The van der Waals surface area contributed by atoms with E-state index in [-0.39, 0.29) is 21.1 Å². The second kappa shape index (κ2) is 10.1. The van der Waals surface area contributed by atoms with Gasteiger partial charge in [0, 0.05) is 48.8 Å². The van der Waals surface area contributed by atoms with E-state index in [1.807, 2.05) is 42.5 Å². The first-order valence-corrected chi connectivity index (χ1v) is 13.5.